The highest BCUT2D eigenvalue weighted by atomic mass is 15.0. The average molecular weight is 280 g/mol. The maximum Gasteiger partial charge on any atom is 0.0331 e. The van der Waals surface area contributed by atoms with Crippen molar-refractivity contribution < 1.29 is 0 Å². The summed E-state index contributed by atoms with van der Waals surface area (Å²) in [7, 11) is 0. The van der Waals surface area contributed by atoms with Gasteiger partial charge in [0.1, 0.15) is 0 Å². The number of aryl methyl sites for hydroxylation is 1. The summed E-state index contributed by atoms with van der Waals surface area (Å²) in [6.07, 6.45) is 4.66. The normalized spacial score (nSPS) is 18.4. The standard InChI is InChI=1S/C19H24N2/c1-2-6-18(14-7-4-3-5-8-14)21-19-12-9-15-13-16(20)10-11-17(15)19/h3-5,7-8,10-11,13,18-19,21H,2,6,9,12,20H2,1H3. The van der Waals surface area contributed by atoms with E-state index in [0.717, 1.165) is 12.1 Å². The molecule has 0 saturated carbocycles. The van der Waals surface area contributed by atoms with Crippen LogP contribution in [0.1, 0.15) is 55.0 Å². The lowest BCUT2D eigenvalue weighted by molar-refractivity contribution is 0.419. The van der Waals surface area contributed by atoms with Crippen LogP contribution >= 0.6 is 0 Å². The minimum atomic E-state index is 0.435. The van der Waals surface area contributed by atoms with Crippen LogP contribution in [0.4, 0.5) is 5.69 Å². The largest absolute Gasteiger partial charge is 0.399 e. The molecule has 2 aromatic rings. The van der Waals surface area contributed by atoms with E-state index in [1.807, 2.05) is 6.07 Å². The average Bonchev–Trinajstić information content (AvgIpc) is 2.90. The van der Waals surface area contributed by atoms with Crippen LogP contribution in [0.3, 0.4) is 0 Å². The Bertz CT molecular complexity index is 592. The number of nitrogens with one attached hydrogen (secondary N) is 1. The highest BCUT2D eigenvalue weighted by molar-refractivity contribution is 5.47. The predicted molar refractivity (Wildman–Crippen MR) is 89.1 cm³/mol. The minimum Gasteiger partial charge on any atom is -0.399 e. The van der Waals surface area contributed by atoms with Crippen molar-refractivity contribution in [2.24, 2.45) is 0 Å². The van der Waals surface area contributed by atoms with E-state index in [1.165, 1.54) is 36.0 Å². The maximum atomic E-state index is 5.90. The summed E-state index contributed by atoms with van der Waals surface area (Å²) in [5.74, 6) is 0. The van der Waals surface area contributed by atoms with Gasteiger partial charge in [-0.1, -0.05) is 49.7 Å². The molecule has 110 valence electrons. The lowest BCUT2D eigenvalue weighted by Gasteiger charge is -2.24. The number of rotatable bonds is 5. The molecule has 21 heavy (non-hydrogen) atoms. The van der Waals surface area contributed by atoms with Gasteiger partial charge in [0.2, 0.25) is 0 Å². The molecule has 0 fully saturated rings. The molecule has 3 rings (SSSR count). The summed E-state index contributed by atoms with van der Waals surface area (Å²) in [5.41, 5.74) is 11.0. The molecule has 2 heteroatoms. The Morgan fingerprint density at radius 3 is 2.76 bits per heavy atom. The third kappa shape index (κ3) is 3.11. The quantitative estimate of drug-likeness (QED) is 0.797. The summed E-state index contributed by atoms with van der Waals surface area (Å²) >= 11 is 0. The lowest BCUT2D eigenvalue weighted by atomic mass is 9.99. The van der Waals surface area contributed by atoms with E-state index in [-0.39, 0.29) is 0 Å². The van der Waals surface area contributed by atoms with Crippen molar-refractivity contribution in [1.29, 1.82) is 0 Å². The summed E-state index contributed by atoms with van der Waals surface area (Å²) in [6, 6.07) is 18.0. The van der Waals surface area contributed by atoms with Gasteiger partial charge in [-0.05, 0) is 48.1 Å². The number of hydrogen-bond acceptors (Lipinski definition) is 2. The molecule has 2 atom stereocenters. The van der Waals surface area contributed by atoms with Gasteiger partial charge in [-0.15, -0.1) is 0 Å². The molecule has 1 aliphatic carbocycles. The Balaban J connectivity index is 1.79. The molecule has 0 spiro atoms. The third-order valence-corrected chi connectivity index (χ3v) is 4.43. The molecule has 2 nitrogen and oxygen atoms in total. The van der Waals surface area contributed by atoms with Crippen LogP contribution in [0.15, 0.2) is 48.5 Å². The molecule has 0 aromatic heterocycles. The Morgan fingerprint density at radius 2 is 2.00 bits per heavy atom. The smallest absolute Gasteiger partial charge is 0.0331 e. The van der Waals surface area contributed by atoms with Crippen LogP contribution in [0.5, 0.6) is 0 Å². The number of nitrogen functional groups attached to an aromatic ring is 1. The number of fused-ring (bicyclic) bond motifs is 1. The van der Waals surface area contributed by atoms with Crippen molar-refractivity contribution >= 4 is 5.69 Å². The molecule has 1 aliphatic rings. The van der Waals surface area contributed by atoms with E-state index in [4.69, 9.17) is 5.73 Å². The first-order valence-electron chi connectivity index (χ1n) is 7.97. The molecule has 3 N–H and O–H groups in total. The first-order valence-corrected chi connectivity index (χ1v) is 7.97. The van der Waals surface area contributed by atoms with Crippen molar-refractivity contribution in [1.82, 2.24) is 5.32 Å². The second-order valence-corrected chi connectivity index (χ2v) is 5.97. The van der Waals surface area contributed by atoms with Crippen molar-refractivity contribution in [3.05, 3.63) is 65.2 Å². The molecule has 0 amide bonds. The van der Waals surface area contributed by atoms with E-state index in [2.05, 4.69) is 54.7 Å². The van der Waals surface area contributed by atoms with E-state index >= 15 is 0 Å². The molecule has 2 aromatic carbocycles. The van der Waals surface area contributed by atoms with E-state index in [0.29, 0.717) is 12.1 Å². The lowest BCUT2D eigenvalue weighted by Crippen LogP contribution is -2.25. The highest BCUT2D eigenvalue weighted by Crippen LogP contribution is 2.35. The van der Waals surface area contributed by atoms with Crippen molar-refractivity contribution in [3.63, 3.8) is 0 Å². The zero-order chi connectivity index (χ0) is 14.7. The fourth-order valence-corrected chi connectivity index (χ4v) is 3.37. The van der Waals surface area contributed by atoms with Crippen LogP contribution in [0.2, 0.25) is 0 Å². The fraction of sp³-hybridized carbons (Fsp3) is 0.368. The molecule has 0 aliphatic heterocycles. The van der Waals surface area contributed by atoms with Crippen LogP contribution in [0, 0.1) is 0 Å². The Hall–Kier alpha value is -1.80. The van der Waals surface area contributed by atoms with Gasteiger partial charge in [0.25, 0.3) is 0 Å². The molecule has 0 saturated heterocycles. The van der Waals surface area contributed by atoms with Gasteiger partial charge in [0.05, 0.1) is 0 Å². The number of hydrogen-bond donors (Lipinski definition) is 2. The van der Waals surface area contributed by atoms with Crippen LogP contribution in [0.25, 0.3) is 0 Å². The van der Waals surface area contributed by atoms with E-state index < -0.39 is 0 Å². The van der Waals surface area contributed by atoms with Crippen molar-refractivity contribution in [3.8, 4) is 0 Å². The van der Waals surface area contributed by atoms with Crippen LogP contribution in [-0.4, -0.2) is 0 Å². The number of anilines is 1. The second-order valence-electron chi connectivity index (χ2n) is 5.97. The topological polar surface area (TPSA) is 38.0 Å². The first-order chi connectivity index (χ1) is 10.3. The van der Waals surface area contributed by atoms with Gasteiger partial charge in [0, 0.05) is 17.8 Å². The van der Waals surface area contributed by atoms with Crippen molar-refractivity contribution in [2.45, 2.75) is 44.7 Å². The van der Waals surface area contributed by atoms with Gasteiger partial charge in [-0.2, -0.15) is 0 Å². The zero-order valence-corrected chi connectivity index (χ0v) is 12.7. The van der Waals surface area contributed by atoms with E-state index in [9.17, 15) is 0 Å². The molecule has 0 heterocycles. The Morgan fingerprint density at radius 1 is 1.19 bits per heavy atom. The summed E-state index contributed by atoms with van der Waals surface area (Å²) < 4.78 is 0. The predicted octanol–water partition coefficient (Wildman–Crippen LogP) is 4.39. The summed E-state index contributed by atoms with van der Waals surface area (Å²) in [6.45, 7) is 2.25. The maximum absolute atomic E-state index is 5.90. The van der Waals surface area contributed by atoms with E-state index in [1.54, 1.807) is 0 Å². The number of nitrogens with two attached hydrogens (primary N) is 1. The van der Waals surface area contributed by atoms with Crippen molar-refractivity contribution in [2.75, 3.05) is 5.73 Å². The fourth-order valence-electron chi connectivity index (χ4n) is 3.37. The monoisotopic (exact) mass is 280 g/mol. The van der Waals surface area contributed by atoms with Crippen LogP contribution in [-0.2, 0) is 6.42 Å². The van der Waals surface area contributed by atoms with Gasteiger partial charge in [0.15, 0.2) is 0 Å². The molecular formula is C19H24N2. The zero-order valence-electron chi connectivity index (χ0n) is 12.7. The second kappa shape index (κ2) is 6.31. The highest BCUT2D eigenvalue weighted by Gasteiger charge is 2.25. The summed E-state index contributed by atoms with van der Waals surface area (Å²) in [4.78, 5) is 0. The van der Waals surface area contributed by atoms with Gasteiger partial charge < -0.3 is 11.1 Å². The molecule has 0 radical (unpaired) electrons. The first kappa shape index (κ1) is 14.2. The Kier molecular flexibility index (Phi) is 4.26. The minimum absolute atomic E-state index is 0.435. The van der Waals surface area contributed by atoms with Gasteiger partial charge in [-0.25, -0.2) is 0 Å². The molecular weight excluding hydrogens is 256 g/mol. The Labute approximate surface area is 127 Å². The number of benzene rings is 2. The van der Waals surface area contributed by atoms with Crippen LogP contribution < -0.4 is 11.1 Å². The molecule has 0 bridgehead atoms. The van der Waals surface area contributed by atoms with Gasteiger partial charge in [-0.3, -0.25) is 0 Å². The third-order valence-electron chi connectivity index (χ3n) is 4.43. The molecule has 2 unspecified atom stereocenters. The summed E-state index contributed by atoms with van der Waals surface area (Å²) in [5, 5.41) is 3.87. The van der Waals surface area contributed by atoms with Gasteiger partial charge >= 0.3 is 0 Å². The SMILES string of the molecule is CCCC(NC1CCc2cc(N)ccc21)c1ccccc1.